The molecule has 2 nitrogen and oxygen atoms in total. The molecule has 1 heterocycles. The molecule has 1 aromatic heterocycles. The van der Waals surface area contributed by atoms with Gasteiger partial charge in [0.2, 0.25) is 0 Å². The van der Waals surface area contributed by atoms with Crippen molar-refractivity contribution in [3.8, 4) is 0 Å². The fourth-order valence-electron chi connectivity index (χ4n) is 0.830. The zero-order valence-corrected chi connectivity index (χ0v) is 6.31. The van der Waals surface area contributed by atoms with Gasteiger partial charge in [-0.3, -0.25) is 4.98 Å². The maximum absolute atomic E-state index is 12.6. The first-order valence-corrected chi connectivity index (χ1v) is 3.22. The third kappa shape index (κ3) is 1.34. The average Bonchev–Trinajstić information content (AvgIpc) is 2.00. The van der Waals surface area contributed by atoms with Crippen LogP contribution in [0.1, 0.15) is 17.7 Å². The summed E-state index contributed by atoms with van der Waals surface area (Å²) in [6.45, 7) is 1.31. The maximum Gasteiger partial charge on any atom is 0.280 e. The van der Waals surface area contributed by atoms with E-state index in [1.165, 1.54) is 6.92 Å². The maximum atomic E-state index is 12.6. The van der Waals surface area contributed by atoms with Crippen LogP contribution in [0, 0.1) is 12.7 Å². The van der Waals surface area contributed by atoms with E-state index in [0.29, 0.717) is 6.20 Å². The Morgan fingerprint density at radius 1 is 1.50 bits per heavy atom. The standard InChI is InChI=1S/C7H7F3N2/c1-3-5(11)4(8)2-12-6(3)7(9)10/h2,7H,1H3,(H2,11,12). The van der Waals surface area contributed by atoms with E-state index in [0.717, 1.165) is 0 Å². The first kappa shape index (κ1) is 8.83. The fraction of sp³-hybridized carbons (Fsp3) is 0.286. The molecule has 1 rings (SSSR count). The highest BCUT2D eigenvalue weighted by molar-refractivity contribution is 5.48. The third-order valence-corrected chi connectivity index (χ3v) is 1.57. The molecule has 0 saturated carbocycles. The van der Waals surface area contributed by atoms with E-state index in [1.54, 1.807) is 0 Å². The molecular formula is C7H7F3N2. The number of rotatable bonds is 1. The molecule has 66 valence electrons. The van der Waals surface area contributed by atoms with Crippen LogP contribution in [0.15, 0.2) is 6.20 Å². The second-order valence-corrected chi connectivity index (χ2v) is 2.33. The van der Waals surface area contributed by atoms with Crippen LogP contribution in [-0.4, -0.2) is 4.98 Å². The number of nitrogens with two attached hydrogens (primary N) is 1. The molecule has 0 aromatic carbocycles. The smallest absolute Gasteiger partial charge is 0.280 e. The second-order valence-electron chi connectivity index (χ2n) is 2.33. The second kappa shape index (κ2) is 3.00. The van der Waals surface area contributed by atoms with Crippen molar-refractivity contribution in [3.05, 3.63) is 23.3 Å². The van der Waals surface area contributed by atoms with Crippen LogP contribution in [0.3, 0.4) is 0 Å². The van der Waals surface area contributed by atoms with E-state index in [1.807, 2.05) is 0 Å². The van der Waals surface area contributed by atoms with Gasteiger partial charge in [0.1, 0.15) is 5.69 Å². The molecule has 0 bridgehead atoms. The highest BCUT2D eigenvalue weighted by Gasteiger charge is 2.15. The predicted octanol–water partition coefficient (Wildman–Crippen LogP) is 2.05. The Balaban J connectivity index is 3.27. The van der Waals surface area contributed by atoms with Gasteiger partial charge < -0.3 is 5.73 Å². The van der Waals surface area contributed by atoms with Gasteiger partial charge in [0, 0.05) is 5.56 Å². The number of hydrogen-bond acceptors (Lipinski definition) is 2. The zero-order valence-electron chi connectivity index (χ0n) is 6.31. The van der Waals surface area contributed by atoms with Gasteiger partial charge in [0.15, 0.2) is 5.82 Å². The van der Waals surface area contributed by atoms with Crippen LogP contribution in [0.4, 0.5) is 18.9 Å². The van der Waals surface area contributed by atoms with Crippen molar-refractivity contribution in [2.75, 3.05) is 5.73 Å². The summed E-state index contributed by atoms with van der Waals surface area (Å²) in [5.74, 6) is -0.767. The van der Waals surface area contributed by atoms with Gasteiger partial charge in [0.05, 0.1) is 11.9 Å². The summed E-state index contributed by atoms with van der Waals surface area (Å²) in [5, 5.41) is 0. The van der Waals surface area contributed by atoms with Gasteiger partial charge in [-0.1, -0.05) is 0 Å². The zero-order chi connectivity index (χ0) is 9.30. The van der Waals surface area contributed by atoms with Crippen LogP contribution in [0.25, 0.3) is 0 Å². The van der Waals surface area contributed by atoms with Crippen molar-refractivity contribution < 1.29 is 13.2 Å². The quantitative estimate of drug-likeness (QED) is 0.711. The Bertz CT molecular complexity index is 299. The molecule has 0 aliphatic heterocycles. The summed E-state index contributed by atoms with van der Waals surface area (Å²) in [4.78, 5) is 3.23. The summed E-state index contributed by atoms with van der Waals surface area (Å²) >= 11 is 0. The number of pyridine rings is 1. The third-order valence-electron chi connectivity index (χ3n) is 1.57. The van der Waals surface area contributed by atoms with E-state index in [2.05, 4.69) is 4.98 Å². The van der Waals surface area contributed by atoms with Crippen LogP contribution >= 0.6 is 0 Å². The van der Waals surface area contributed by atoms with Crippen molar-refractivity contribution >= 4 is 5.69 Å². The largest absolute Gasteiger partial charge is 0.396 e. The Kier molecular flexibility index (Phi) is 2.21. The molecule has 0 amide bonds. The molecule has 0 saturated heterocycles. The van der Waals surface area contributed by atoms with E-state index in [9.17, 15) is 13.2 Å². The van der Waals surface area contributed by atoms with Gasteiger partial charge >= 0.3 is 0 Å². The normalized spacial score (nSPS) is 10.8. The molecule has 2 N–H and O–H groups in total. The summed E-state index contributed by atoms with van der Waals surface area (Å²) in [5.41, 5.74) is 4.45. The van der Waals surface area contributed by atoms with Crippen LogP contribution in [-0.2, 0) is 0 Å². The summed E-state index contributed by atoms with van der Waals surface area (Å²) in [7, 11) is 0. The Labute approximate surface area is 67.2 Å². The number of halogens is 3. The monoisotopic (exact) mass is 176 g/mol. The molecule has 0 fully saturated rings. The molecule has 1 aromatic rings. The highest BCUT2D eigenvalue weighted by atomic mass is 19.3. The van der Waals surface area contributed by atoms with Crippen molar-refractivity contribution in [1.82, 2.24) is 4.98 Å². The van der Waals surface area contributed by atoms with Gasteiger partial charge in [-0.25, -0.2) is 13.2 Å². The number of aromatic nitrogens is 1. The average molecular weight is 176 g/mol. The van der Waals surface area contributed by atoms with Gasteiger partial charge in [-0.05, 0) is 6.92 Å². The first-order chi connectivity index (χ1) is 5.54. The lowest BCUT2D eigenvalue weighted by Gasteiger charge is -2.06. The highest BCUT2D eigenvalue weighted by Crippen LogP contribution is 2.25. The van der Waals surface area contributed by atoms with Gasteiger partial charge in [0.25, 0.3) is 6.43 Å². The predicted molar refractivity (Wildman–Crippen MR) is 38.3 cm³/mol. The minimum atomic E-state index is -2.71. The first-order valence-electron chi connectivity index (χ1n) is 3.22. The van der Waals surface area contributed by atoms with E-state index in [-0.39, 0.29) is 11.3 Å². The lowest BCUT2D eigenvalue weighted by Crippen LogP contribution is -2.02. The fourth-order valence-corrected chi connectivity index (χ4v) is 0.830. The lowest BCUT2D eigenvalue weighted by molar-refractivity contribution is 0.145. The Hall–Kier alpha value is -1.26. The van der Waals surface area contributed by atoms with Crippen LogP contribution in [0.2, 0.25) is 0 Å². The van der Waals surface area contributed by atoms with Crippen molar-refractivity contribution in [2.24, 2.45) is 0 Å². The number of anilines is 1. The molecule has 0 atom stereocenters. The molecule has 12 heavy (non-hydrogen) atoms. The van der Waals surface area contributed by atoms with Gasteiger partial charge in [-0.15, -0.1) is 0 Å². The summed E-state index contributed by atoms with van der Waals surface area (Å²) in [6.07, 6.45) is -2.02. The number of nitrogen functional groups attached to an aromatic ring is 1. The van der Waals surface area contributed by atoms with Crippen molar-refractivity contribution in [3.63, 3.8) is 0 Å². The van der Waals surface area contributed by atoms with Crippen molar-refractivity contribution in [1.29, 1.82) is 0 Å². The topological polar surface area (TPSA) is 38.9 Å². The summed E-state index contributed by atoms with van der Waals surface area (Å²) in [6, 6.07) is 0. The number of nitrogens with zero attached hydrogens (tertiary/aromatic N) is 1. The SMILES string of the molecule is Cc1c(C(F)F)ncc(F)c1N. The molecule has 0 radical (unpaired) electrons. The molecule has 0 unspecified atom stereocenters. The van der Waals surface area contributed by atoms with E-state index < -0.39 is 17.9 Å². The Morgan fingerprint density at radius 2 is 2.08 bits per heavy atom. The minimum Gasteiger partial charge on any atom is -0.396 e. The molecule has 0 spiro atoms. The van der Waals surface area contributed by atoms with Crippen LogP contribution in [0.5, 0.6) is 0 Å². The number of alkyl halides is 2. The molecule has 5 heteroatoms. The Morgan fingerprint density at radius 3 is 2.58 bits per heavy atom. The lowest BCUT2D eigenvalue weighted by atomic mass is 10.2. The van der Waals surface area contributed by atoms with E-state index >= 15 is 0 Å². The number of hydrogen-bond donors (Lipinski definition) is 1. The molecule has 0 aliphatic carbocycles. The van der Waals surface area contributed by atoms with Crippen molar-refractivity contribution in [2.45, 2.75) is 13.3 Å². The molecular weight excluding hydrogens is 169 g/mol. The molecule has 0 aliphatic rings. The van der Waals surface area contributed by atoms with Gasteiger partial charge in [-0.2, -0.15) is 0 Å². The van der Waals surface area contributed by atoms with E-state index in [4.69, 9.17) is 5.73 Å². The summed E-state index contributed by atoms with van der Waals surface area (Å²) < 4.78 is 36.8. The van der Waals surface area contributed by atoms with Crippen LogP contribution < -0.4 is 5.73 Å². The minimum absolute atomic E-state index is 0.00463.